The van der Waals surface area contributed by atoms with Crippen molar-refractivity contribution in [2.24, 2.45) is 5.92 Å². The fourth-order valence-electron chi connectivity index (χ4n) is 3.55. The number of nitrogens with zero attached hydrogens (tertiary/aromatic N) is 4. The van der Waals surface area contributed by atoms with Crippen molar-refractivity contribution in [2.45, 2.75) is 31.8 Å². The molecule has 21 heavy (non-hydrogen) atoms. The third-order valence-electron chi connectivity index (χ3n) is 4.64. The molecule has 1 aromatic heterocycles. The Balaban J connectivity index is 1.92. The van der Waals surface area contributed by atoms with E-state index in [-0.39, 0.29) is 6.04 Å². The molecule has 0 bridgehead atoms. The first kappa shape index (κ1) is 14.5. The van der Waals surface area contributed by atoms with Gasteiger partial charge in [0.25, 0.3) is 0 Å². The second kappa shape index (κ2) is 5.77. The summed E-state index contributed by atoms with van der Waals surface area (Å²) in [4.78, 5) is 15.9. The molecule has 6 nitrogen and oxygen atoms in total. The molecule has 0 radical (unpaired) electrons. The predicted molar refractivity (Wildman–Crippen MR) is 79.6 cm³/mol. The van der Waals surface area contributed by atoms with Crippen LogP contribution in [0, 0.1) is 5.92 Å². The van der Waals surface area contributed by atoms with Gasteiger partial charge >= 0.3 is 5.97 Å². The van der Waals surface area contributed by atoms with Crippen LogP contribution in [0.5, 0.6) is 0 Å². The standard InChI is InChI=1S/C14H19ClN4O2/c1-2-18-6-5-9-7-10(14(20)21)19(11(9)8-18)13-4-3-12(15)16-17-13/h3-4,9-11H,2,5-8H2,1H3,(H,20,21)/t9-,10?,11-/m0/s1. The van der Waals surface area contributed by atoms with E-state index in [1.807, 2.05) is 4.90 Å². The molecule has 2 fully saturated rings. The summed E-state index contributed by atoms with van der Waals surface area (Å²) in [5.74, 6) is 0.229. The highest BCUT2D eigenvalue weighted by Gasteiger charge is 2.47. The zero-order valence-electron chi connectivity index (χ0n) is 11.9. The van der Waals surface area contributed by atoms with Crippen LogP contribution in [-0.4, -0.2) is 57.9 Å². The molecule has 0 spiro atoms. The Morgan fingerprint density at radius 3 is 2.90 bits per heavy atom. The Labute approximate surface area is 128 Å². The fourth-order valence-corrected chi connectivity index (χ4v) is 3.65. The maximum atomic E-state index is 11.6. The van der Waals surface area contributed by atoms with Gasteiger partial charge in [-0.1, -0.05) is 18.5 Å². The highest BCUT2D eigenvalue weighted by molar-refractivity contribution is 6.29. The Morgan fingerprint density at radius 2 is 2.29 bits per heavy atom. The maximum Gasteiger partial charge on any atom is 0.326 e. The minimum absolute atomic E-state index is 0.190. The predicted octanol–water partition coefficient (Wildman–Crippen LogP) is 1.50. The van der Waals surface area contributed by atoms with Gasteiger partial charge in [0.05, 0.1) is 0 Å². The summed E-state index contributed by atoms with van der Waals surface area (Å²) in [5.41, 5.74) is 0. The lowest BCUT2D eigenvalue weighted by Crippen LogP contribution is -2.50. The number of hydrogen-bond acceptors (Lipinski definition) is 5. The number of carboxylic acid groups (broad SMARTS) is 1. The highest BCUT2D eigenvalue weighted by Crippen LogP contribution is 2.38. The number of rotatable bonds is 3. The second-order valence-electron chi connectivity index (χ2n) is 5.72. The van der Waals surface area contributed by atoms with Crippen LogP contribution in [0.15, 0.2) is 12.1 Å². The third-order valence-corrected chi connectivity index (χ3v) is 4.84. The quantitative estimate of drug-likeness (QED) is 0.912. The van der Waals surface area contributed by atoms with Gasteiger partial charge in [0.1, 0.15) is 6.04 Å². The summed E-state index contributed by atoms with van der Waals surface area (Å²) in [6.45, 7) is 5.05. The molecule has 0 amide bonds. The first-order valence-electron chi connectivity index (χ1n) is 7.33. The van der Waals surface area contributed by atoms with Gasteiger partial charge in [0.15, 0.2) is 11.0 Å². The molecule has 3 rings (SSSR count). The smallest absolute Gasteiger partial charge is 0.326 e. The van der Waals surface area contributed by atoms with E-state index in [0.717, 1.165) is 26.1 Å². The van der Waals surface area contributed by atoms with Crippen LogP contribution in [0.4, 0.5) is 5.82 Å². The van der Waals surface area contributed by atoms with Gasteiger partial charge in [-0.3, -0.25) is 0 Å². The number of hydrogen-bond donors (Lipinski definition) is 1. The minimum Gasteiger partial charge on any atom is -0.480 e. The molecule has 1 unspecified atom stereocenters. The van der Waals surface area contributed by atoms with E-state index in [1.54, 1.807) is 12.1 Å². The van der Waals surface area contributed by atoms with E-state index < -0.39 is 12.0 Å². The molecule has 1 aromatic rings. The average molecular weight is 311 g/mol. The number of carbonyl (C=O) groups is 1. The number of halogens is 1. The molecule has 0 saturated carbocycles. The number of anilines is 1. The zero-order valence-corrected chi connectivity index (χ0v) is 12.7. The van der Waals surface area contributed by atoms with Crippen molar-refractivity contribution in [3.05, 3.63) is 17.3 Å². The van der Waals surface area contributed by atoms with Crippen molar-refractivity contribution in [2.75, 3.05) is 24.5 Å². The molecular weight excluding hydrogens is 292 g/mol. The Hall–Kier alpha value is -1.40. The van der Waals surface area contributed by atoms with Gasteiger partial charge in [-0.25, -0.2) is 4.79 Å². The van der Waals surface area contributed by atoms with E-state index in [2.05, 4.69) is 22.0 Å². The first-order chi connectivity index (χ1) is 10.1. The van der Waals surface area contributed by atoms with Crippen LogP contribution >= 0.6 is 11.6 Å². The summed E-state index contributed by atoms with van der Waals surface area (Å²) < 4.78 is 0. The minimum atomic E-state index is -0.788. The maximum absolute atomic E-state index is 11.6. The molecule has 3 heterocycles. The molecule has 114 valence electrons. The summed E-state index contributed by atoms with van der Waals surface area (Å²) in [6.07, 6.45) is 1.72. The van der Waals surface area contributed by atoms with Crippen molar-refractivity contribution in [1.29, 1.82) is 0 Å². The van der Waals surface area contributed by atoms with Crippen molar-refractivity contribution in [3.63, 3.8) is 0 Å². The lowest BCUT2D eigenvalue weighted by molar-refractivity contribution is -0.138. The summed E-state index contributed by atoms with van der Waals surface area (Å²) >= 11 is 5.78. The number of aliphatic carboxylic acids is 1. The fraction of sp³-hybridized carbons (Fsp3) is 0.643. The normalized spacial score (nSPS) is 29.4. The number of carboxylic acids is 1. The monoisotopic (exact) mass is 310 g/mol. The van der Waals surface area contributed by atoms with Crippen LogP contribution < -0.4 is 4.90 Å². The molecule has 2 aliphatic heterocycles. The zero-order chi connectivity index (χ0) is 15.0. The van der Waals surface area contributed by atoms with Gasteiger partial charge in [0, 0.05) is 12.6 Å². The third kappa shape index (κ3) is 2.70. The van der Waals surface area contributed by atoms with E-state index >= 15 is 0 Å². The second-order valence-corrected chi connectivity index (χ2v) is 6.11. The Bertz CT molecular complexity index is 524. The van der Waals surface area contributed by atoms with Crippen molar-refractivity contribution < 1.29 is 9.90 Å². The van der Waals surface area contributed by atoms with E-state index in [0.29, 0.717) is 23.3 Å². The van der Waals surface area contributed by atoms with E-state index in [9.17, 15) is 9.90 Å². The molecule has 3 atom stereocenters. The highest BCUT2D eigenvalue weighted by atomic mass is 35.5. The van der Waals surface area contributed by atoms with Crippen molar-refractivity contribution in [3.8, 4) is 0 Å². The summed E-state index contributed by atoms with van der Waals surface area (Å²) in [5, 5.41) is 17.8. The summed E-state index contributed by atoms with van der Waals surface area (Å²) in [6, 6.07) is 3.09. The van der Waals surface area contributed by atoms with Gasteiger partial charge < -0.3 is 14.9 Å². The van der Waals surface area contributed by atoms with Crippen molar-refractivity contribution in [1.82, 2.24) is 15.1 Å². The number of likely N-dealkylation sites (tertiary alicyclic amines) is 1. The van der Waals surface area contributed by atoms with Crippen LogP contribution in [0.2, 0.25) is 5.15 Å². The van der Waals surface area contributed by atoms with Gasteiger partial charge in [-0.15, -0.1) is 10.2 Å². The summed E-state index contributed by atoms with van der Waals surface area (Å²) in [7, 11) is 0. The van der Waals surface area contributed by atoms with Crippen molar-refractivity contribution >= 4 is 23.4 Å². The van der Waals surface area contributed by atoms with E-state index in [4.69, 9.17) is 11.6 Å². The molecule has 2 aliphatic rings. The van der Waals surface area contributed by atoms with Crippen LogP contribution in [0.3, 0.4) is 0 Å². The molecule has 0 aromatic carbocycles. The molecule has 0 aliphatic carbocycles. The molecule has 7 heteroatoms. The Morgan fingerprint density at radius 1 is 1.48 bits per heavy atom. The SMILES string of the molecule is CCN1CC[C@H]2CC(C(=O)O)N(c3ccc(Cl)nn3)[C@H]2C1. The van der Waals surface area contributed by atoms with Gasteiger partial charge in [-0.2, -0.15) is 0 Å². The number of aromatic nitrogens is 2. The lowest BCUT2D eigenvalue weighted by atomic mass is 9.91. The van der Waals surface area contributed by atoms with Crippen LogP contribution in [0.1, 0.15) is 19.8 Å². The number of fused-ring (bicyclic) bond motifs is 1. The molecular formula is C14H19ClN4O2. The first-order valence-corrected chi connectivity index (χ1v) is 7.70. The topological polar surface area (TPSA) is 69.6 Å². The van der Waals surface area contributed by atoms with Gasteiger partial charge in [0.2, 0.25) is 0 Å². The largest absolute Gasteiger partial charge is 0.480 e. The Kier molecular flexibility index (Phi) is 3.99. The van der Waals surface area contributed by atoms with E-state index in [1.165, 1.54) is 0 Å². The molecule has 2 saturated heterocycles. The molecule has 1 N–H and O–H groups in total. The van der Waals surface area contributed by atoms with Gasteiger partial charge in [-0.05, 0) is 44.0 Å². The van der Waals surface area contributed by atoms with Crippen LogP contribution in [0.25, 0.3) is 0 Å². The van der Waals surface area contributed by atoms with Crippen LogP contribution in [-0.2, 0) is 4.79 Å². The number of likely N-dealkylation sites (N-methyl/N-ethyl adjacent to an activating group) is 1. The lowest BCUT2D eigenvalue weighted by Gasteiger charge is -2.38. The number of piperidine rings is 1. The average Bonchev–Trinajstić information content (AvgIpc) is 2.86.